The van der Waals surface area contributed by atoms with Gasteiger partial charge in [0.25, 0.3) is 0 Å². The average molecular weight is 314 g/mol. The molecular weight excluding hydrogens is 292 g/mol. The van der Waals surface area contributed by atoms with Gasteiger partial charge in [-0.15, -0.1) is 0 Å². The maximum absolute atomic E-state index is 5.37. The summed E-state index contributed by atoms with van der Waals surface area (Å²) in [5, 5.41) is 7.09. The molecule has 2 rings (SSSR count). The van der Waals surface area contributed by atoms with E-state index in [-0.39, 0.29) is 0 Å². The Morgan fingerprint density at radius 1 is 1.05 bits per heavy atom. The van der Waals surface area contributed by atoms with Gasteiger partial charge in [-0.05, 0) is 62.3 Å². The molecule has 0 aliphatic rings. The highest BCUT2D eigenvalue weighted by Gasteiger charge is 2.03. The molecule has 0 saturated heterocycles. The van der Waals surface area contributed by atoms with Crippen molar-refractivity contribution in [2.45, 2.75) is 27.3 Å². The van der Waals surface area contributed by atoms with Gasteiger partial charge < -0.3 is 15.4 Å². The van der Waals surface area contributed by atoms with Gasteiger partial charge in [0.15, 0.2) is 5.11 Å². The summed E-state index contributed by atoms with van der Waals surface area (Å²) in [7, 11) is 1.66. The van der Waals surface area contributed by atoms with Crippen molar-refractivity contribution >= 4 is 23.0 Å². The summed E-state index contributed by atoms with van der Waals surface area (Å²) in [6, 6.07) is 12.4. The first-order chi connectivity index (χ1) is 10.5. The van der Waals surface area contributed by atoms with Gasteiger partial charge in [-0.1, -0.05) is 29.3 Å². The van der Waals surface area contributed by atoms with Gasteiger partial charge >= 0.3 is 0 Å². The van der Waals surface area contributed by atoms with Crippen molar-refractivity contribution in [3.8, 4) is 5.75 Å². The monoisotopic (exact) mass is 314 g/mol. The molecule has 0 bridgehead atoms. The van der Waals surface area contributed by atoms with Gasteiger partial charge in [0, 0.05) is 12.2 Å². The maximum atomic E-state index is 5.37. The third-order valence-corrected chi connectivity index (χ3v) is 3.66. The molecular formula is C18H22N2OS. The largest absolute Gasteiger partial charge is 0.497 e. The Kier molecular flexibility index (Phi) is 5.39. The van der Waals surface area contributed by atoms with Crippen LogP contribution in [0, 0.1) is 20.8 Å². The minimum Gasteiger partial charge on any atom is -0.497 e. The Labute approximate surface area is 137 Å². The lowest BCUT2D eigenvalue weighted by atomic mass is 10.1. The molecule has 0 aliphatic carbocycles. The van der Waals surface area contributed by atoms with E-state index in [0.717, 1.165) is 17.0 Å². The van der Waals surface area contributed by atoms with Gasteiger partial charge in [0.2, 0.25) is 0 Å². The minimum atomic E-state index is 0.618. The molecule has 0 unspecified atom stereocenters. The molecule has 0 radical (unpaired) electrons. The Balaban J connectivity index is 1.95. The first-order valence-electron chi connectivity index (χ1n) is 7.24. The predicted molar refractivity (Wildman–Crippen MR) is 96.7 cm³/mol. The van der Waals surface area contributed by atoms with E-state index in [9.17, 15) is 0 Å². The highest BCUT2D eigenvalue weighted by molar-refractivity contribution is 7.80. The topological polar surface area (TPSA) is 33.3 Å². The number of hydrogen-bond donors (Lipinski definition) is 2. The SMILES string of the molecule is COc1ccc(NC(=S)NCc2cc(C)cc(C)c2)c(C)c1. The lowest BCUT2D eigenvalue weighted by Crippen LogP contribution is -2.28. The predicted octanol–water partition coefficient (Wildman–Crippen LogP) is 4.11. The van der Waals surface area contributed by atoms with E-state index in [0.29, 0.717) is 11.7 Å². The van der Waals surface area contributed by atoms with E-state index >= 15 is 0 Å². The van der Waals surface area contributed by atoms with E-state index in [1.807, 2.05) is 25.1 Å². The van der Waals surface area contributed by atoms with Gasteiger partial charge in [0.1, 0.15) is 5.75 Å². The molecule has 0 fully saturated rings. The molecule has 4 heteroatoms. The zero-order valence-electron chi connectivity index (χ0n) is 13.5. The van der Waals surface area contributed by atoms with Crippen molar-refractivity contribution in [2.75, 3.05) is 12.4 Å². The molecule has 0 atom stereocenters. The van der Waals surface area contributed by atoms with Crippen LogP contribution < -0.4 is 15.4 Å². The number of aryl methyl sites for hydroxylation is 3. The first kappa shape index (κ1) is 16.3. The normalized spacial score (nSPS) is 10.2. The molecule has 0 heterocycles. The van der Waals surface area contributed by atoms with E-state index in [4.69, 9.17) is 17.0 Å². The molecule has 2 N–H and O–H groups in total. The number of rotatable bonds is 4. The highest BCUT2D eigenvalue weighted by atomic mass is 32.1. The fourth-order valence-corrected chi connectivity index (χ4v) is 2.61. The molecule has 3 nitrogen and oxygen atoms in total. The number of methoxy groups -OCH3 is 1. The van der Waals surface area contributed by atoms with E-state index in [1.165, 1.54) is 16.7 Å². The van der Waals surface area contributed by atoms with Crippen molar-refractivity contribution in [3.63, 3.8) is 0 Å². The molecule has 0 saturated carbocycles. The van der Waals surface area contributed by atoms with Crippen LogP contribution >= 0.6 is 12.2 Å². The number of anilines is 1. The molecule has 0 aliphatic heterocycles. The fraction of sp³-hybridized carbons (Fsp3) is 0.278. The standard InChI is InChI=1S/C18H22N2OS/c1-12-7-13(2)9-15(8-12)11-19-18(22)20-17-6-5-16(21-4)10-14(17)3/h5-10H,11H2,1-4H3,(H2,19,20,22). The van der Waals surface area contributed by atoms with Crippen molar-refractivity contribution in [1.29, 1.82) is 0 Å². The van der Waals surface area contributed by atoms with Gasteiger partial charge in [-0.3, -0.25) is 0 Å². The Bertz CT molecular complexity index is 663. The zero-order chi connectivity index (χ0) is 16.1. The Morgan fingerprint density at radius 3 is 2.32 bits per heavy atom. The first-order valence-corrected chi connectivity index (χ1v) is 7.65. The van der Waals surface area contributed by atoms with Crippen LogP contribution in [0.1, 0.15) is 22.3 Å². The summed E-state index contributed by atoms with van der Waals surface area (Å²) in [4.78, 5) is 0. The van der Waals surface area contributed by atoms with Crippen LogP contribution in [-0.2, 0) is 6.54 Å². The third-order valence-electron chi connectivity index (χ3n) is 3.42. The smallest absolute Gasteiger partial charge is 0.171 e. The molecule has 2 aromatic carbocycles. The molecule has 22 heavy (non-hydrogen) atoms. The molecule has 116 valence electrons. The van der Waals surface area contributed by atoms with Crippen LogP contribution in [0.25, 0.3) is 0 Å². The summed E-state index contributed by atoms with van der Waals surface area (Å²) < 4.78 is 5.21. The minimum absolute atomic E-state index is 0.618. The fourth-order valence-electron chi connectivity index (χ4n) is 2.42. The van der Waals surface area contributed by atoms with Crippen LogP contribution in [0.5, 0.6) is 5.75 Å². The van der Waals surface area contributed by atoms with Gasteiger partial charge in [-0.2, -0.15) is 0 Å². The second-order valence-electron chi connectivity index (χ2n) is 5.48. The number of benzene rings is 2. The second-order valence-corrected chi connectivity index (χ2v) is 5.89. The van der Waals surface area contributed by atoms with Crippen molar-refractivity contribution in [3.05, 3.63) is 58.7 Å². The Morgan fingerprint density at radius 2 is 1.73 bits per heavy atom. The average Bonchev–Trinajstić information content (AvgIpc) is 2.46. The van der Waals surface area contributed by atoms with Crippen LogP contribution in [-0.4, -0.2) is 12.2 Å². The van der Waals surface area contributed by atoms with Crippen LogP contribution in [0.15, 0.2) is 36.4 Å². The number of nitrogens with one attached hydrogen (secondary N) is 2. The van der Waals surface area contributed by atoms with Crippen LogP contribution in [0.2, 0.25) is 0 Å². The zero-order valence-corrected chi connectivity index (χ0v) is 14.3. The van der Waals surface area contributed by atoms with Crippen molar-refractivity contribution in [2.24, 2.45) is 0 Å². The summed E-state index contributed by atoms with van der Waals surface area (Å²) in [6.07, 6.45) is 0. The summed E-state index contributed by atoms with van der Waals surface area (Å²) in [5.41, 5.74) is 5.84. The highest BCUT2D eigenvalue weighted by Crippen LogP contribution is 2.20. The van der Waals surface area contributed by atoms with Gasteiger partial charge in [-0.25, -0.2) is 0 Å². The van der Waals surface area contributed by atoms with Crippen LogP contribution in [0.4, 0.5) is 5.69 Å². The molecule has 0 spiro atoms. The molecule has 2 aromatic rings. The quantitative estimate of drug-likeness (QED) is 0.832. The lowest BCUT2D eigenvalue weighted by Gasteiger charge is -2.14. The van der Waals surface area contributed by atoms with Crippen molar-refractivity contribution < 1.29 is 4.74 Å². The lowest BCUT2D eigenvalue weighted by molar-refractivity contribution is 0.414. The van der Waals surface area contributed by atoms with Crippen molar-refractivity contribution in [1.82, 2.24) is 5.32 Å². The summed E-state index contributed by atoms with van der Waals surface area (Å²) in [6.45, 7) is 6.95. The molecule has 0 amide bonds. The van der Waals surface area contributed by atoms with Crippen LogP contribution in [0.3, 0.4) is 0 Å². The summed E-state index contributed by atoms with van der Waals surface area (Å²) >= 11 is 5.37. The van der Waals surface area contributed by atoms with E-state index < -0.39 is 0 Å². The number of ether oxygens (including phenoxy) is 1. The Hall–Kier alpha value is -2.07. The summed E-state index contributed by atoms with van der Waals surface area (Å²) in [5.74, 6) is 0.845. The van der Waals surface area contributed by atoms with E-state index in [2.05, 4.69) is 42.7 Å². The van der Waals surface area contributed by atoms with E-state index in [1.54, 1.807) is 7.11 Å². The number of thiocarbonyl (C=S) groups is 1. The second kappa shape index (κ2) is 7.27. The number of hydrogen-bond acceptors (Lipinski definition) is 2. The van der Waals surface area contributed by atoms with Gasteiger partial charge in [0.05, 0.1) is 7.11 Å². The maximum Gasteiger partial charge on any atom is 0.171 e. The molecule has 0 aromatic heterocycles. The third kappa shape index (κ3) is 4.46.